The Balaban J connectivity index is 1.50. The van der Waals surface area contributed by atoms with Gasteiger partial charge in [0.25, 0.3) is 0 Å². The lowest BCUT2D eigenvalue weighted by Gasteiger charge is -2.12. The Kier molecular flexibility index (Phi) is 6.57. The third-order valence-corrected chi connectivity index (χ3v) is 7.65. The van der Waals surface area contributed by atoms with Gasteiger partial charge in [0.1, 0.15) is 28.7 Å². The van der Waals surface area contributed by atoms with Gasteiger partial charge in [-0.1, -0.05) is 76.2 Å². The van der Waals surface area contributed by atoms with E-state index in [1.165, 1.54) is 11.1 Å². The molecule has 0 saturated carbocycles. The summed E-state index contributed by atoms with van der Waals surface area (Å²) in [5.41, 5.74) is 7.81. The predicted octanol–water partition coefficient (Wildman–Crippen LogP) is 7.58. The van der Waals surface area contributed by atoms with Crippen molar-refractivity contribution in [1.82, 2.24) is 14.2 Å². The number of halogens is 1. The van der Waals surface area contributed by atoms with Gasteiger partial charge in [-0.05, 0) is 68.1 Å². The molecule has 0 aliphatic carbocycles. The molecule has 1 N–H and O–H groups in total. The second-order valence-corrected chi connectivity index (χ2v) is 10.7. The summed E-state index contributed by atoms with van der Waals surface area (Å²) in [6.45, 7) is 3.39. The number of rotatable bonds is 6. The minimum Gasteiger partial charge on any atom is -0.486 e. The van der Waals surface area contributed by atoms with E-state index in [0.717, 1.165) is 70.0 Å². The molecule has 0 spiro atoms. The summed E-state index contributed by atoms with van der Waals surface area (Å²) in [7, 11) is 0. The zero-order chi connectivity index (χ0) is 25.4. The van der Waals surface area contributed by atoms with Crippen molar-refractivity contribution in [1.29, 1.82) is 0 Å². The minimum absolute atomic E-state index is 0.399. The van der Waals surface area contributed by atoms with Gasteiger partial charge in [-0.15, -0.1) is 5.10 Å². The number of aryl methyl sites for hydroxylation is 3. The fourth-order valence-electron chi connectivity index (χ4n) is 5.04. The van der Waals surface area contributed by atoms with Gasteiger partial charge in [-0.2, -0.15) is 0 Å². The number of aromatic nitrogens is 3. The maximum atomic E-state index is 6.12. The third-order valence-electron chi connectivity index (χ3n) is 6.83. The first-order chi connectivity index (χ1) is 18.1. The van der Waals surface area contributed by atoms with Gasteiger partial charge < -0.3 is 14.6 Å². The van der Waals surface area contributed by atoms with Crippen LogP contribution in [-0.2, 0) is 19.6 Å². The van der Waals surface area contributed by atoms with Gasteiger partial charge in [-0.25, -0.2) is 4.52 Å². The van der Waals surface area contributed by atoms with Crippen molar-refractivity contribution in [2.24, 2.45) is 0 Å². The second kappa shape index (κ2) is 10.1. The van der Waals surface area contributed by atoms with Gasteiger partial charge in [0, 0.05) is 27.8 Å². The summed E-state index contributed by atoms with van der Waals surface area (Å²) in [5, 5.41) is 8.58. The SMILES string of the molecule is Cc1ccc(NC(=S)c2c(-c3ccc(Br)cc3)c3c4n(c(COc5ccccc5)nn24)CCCC3)cc1. The molecule has 0 amide bonds. The van der Waals surface area contributed by atoms with Gasteiger partial charge in [0.2, 0.25) is 0 Å². The van der Waals surface area contributed by atoms with Crippen molar-refractivity contribution in [2.45, 2.75) is 39.3 Å². The molecule has 186 valence electrons. The second-order valence-electron chi connectivity index (χ2n) is 9.39. The average Bonchev–Trinajstić information content (AvgIpc) is 3.31. The van der Waals surface area contributed by atoms with E-state index in [1.807, 2.05) is 34.8 Å². The van der Waals surface area contributed by atoms with Crippen LogP contribution in [-0.4, -0.2) is 19.2 Å². The molecule has 6 rings (SSSR count). The maximum absolute atomic E-state index is 6.12. The van der Waals surface area contributed by atoms with Crippen LogP contribution in [0, 0.1) is 6.92 Å². The number of nitrogens with one attached hydrogen (secondary N) is 1. The van der Waals surface area contributed by atoms with Crippen molar-refractivity contribution >= 4 is 44.5 Å². The molecule has 0 saturated heterocycles. The Morgan fingerprint density at radius 1 is 1.00 bits per heavy atom. The van der Waals surface area contributed by atoms with Crippen molar-refractivity contribution in [3.63, 3.8) is 0 Å². The van der Waals surface area contributed by atoms with E-state index in [2.05, 4.69) is 81.3 Å². The highest BCUT2D eigenvalue weighted by Gasteiger charge is 2.29. The number of benzene rings is 3. The minimum atomic E-state index is 0.399. The average molecular weight is 572 g/mol. The molecular formula is C30H27BrN4OS. The summed E-state index contributed by atoms with van der Waals surface area (Å²) in [6, 6.07) is 26.7. The van der Waals surface area contributed by atoms with Gasteiger partial charge in [0.05, 0.1) is 0 Å². The molecule has 7 heteroatoms. The Hall–Kier alpha value is -3.42. The molecule has 0 unspecified atom stereocenters. The Morgan fingerprint density at radius 2 is 1.76 bits per heavy atom. The molecule has 0 radical (unpaired) electrons. The molecule has 1 aliphatic rings. The van der Waals surface area contributed by atoms with E-state index in [1.54, 1.807) is 0 Å². The van der Waals surface area contributed by atoms with E-state index in [4.69, 9.17) is 22.1 Å². The Morgan fingerprint density at radius 3 is 2.51 bits per heavy atom. The monoisotopic (exact) mass is 570 g/mol. The molecule has 5 nitrogen and oxygen atoms in total. The molecule has 3 heterocycles. The number of hydrogen-bond acceptors (Lipinski definition) is 3. The number of hydrogen-bond donors (Lipinski definition) is 1. The Bertz CT molecular complexity index is 1570. The molecular weight excluding hydrogens is 544 g/mol. The lowest BCUT2D eigenvalue weighted by atomic mass is 9.98. The summed E-state index contributed by atoms with van der Waals surface area (Å²) in [4.78, 5) is 0.656. The first kappa shape index (κ1) is 23.9. The molecule has 37 heavy (non-hydrogen) atoms. The standard InChI is InChI=1S/C30H27BrN4OS/c1-20-10-16-23(17-11-20)32-29(37)28-27(21-12-14-22(31)15-13-21)25-9-5-6-18-34-26(33-35(28)30(25)34)19-36-24-7-3-2-4-8-24/h2-4,7-8,10-17H,5-6,9,18-19H2,1H3,(H,32,37). The number of thiocarbonyl (C=S) groups is 1. The zero-order valence-corrected chi connectivity index (χ0v) is 23.0. The largest absolute Gasteiger partial charge is 0.486 e. The number of ether oxygens (including phenoxy) is 1. The van der Waals surface area contributed by atoms with E-state index in [9.17, 15) is 0 Å². The fourth-order valence-corrected chi connectivity index (χ4v) is 5.61. The molecule has 3 aromatic carbocycles. The highest BCUT2D eigenvalue weighted by molar-refractivity contribution is 9.10. The van der Waals surface area contributed by atoms with E-state index < -0.39 is 0 Å². The summed E-state index contributed by atoms with van der Waals surface area (Å²) >= 11 is 9.65. The van der Waals surface area contributed by atoms with Crippen LogP contribution in [0.3, 0.4) is 0 Å². The van der Waals surface area contributed by atoms with Crippen LogP contribution in [0.2, 0.25) is 0 Å². The van der Waals surface area contributed by atoms with Crippen molar-refractivity contribution in [3.05, 3.63) is 106 Å². The normalized spacial score (nSPS) is 12.9. The molecule has 2 aromatic heterocycles. The van der Waals surface area contributed by atoms with Gasteiger partial charge >= 0.3 is 0 Å². The first-order valence-corrected chi connectivity index (χ1v) is 13.7. The number of nitrogens with zero attached hydrogens (tertiary/aromatic N) is 3. The van der Waals surface area contributed by atoms with Crippen LogP contribution in [0.25, 0.3) is 16.8 Å². The van der Waals surface area contributed by atoms with Crippen molar-refractivity contribution < 1.29 is 4.74 Å². The van der Waals surface area contributed by atoms with Crippen LogP contribution in [0.1, 0.15) is 35.5 Å². The first-order valence-electron chi connectivity index (χ1n) is 12.5. The number of anilines is 1. The predicted molar refractivity (Wildman–Crippen MR) is 157 cm³/mol. The van der Waals surface area contributed by atoms with Crippen LogP contribution in [0.4, 0.5) is 5.69 Å². The lowest BCUT2D eigenvalue weighted by molar-refractivity contribution is 0.288. The van der Waals surface area contributed by atoms with Crippen LogP contribution >= 0.6 is 28.1 Å². The van der Waals surface area contributed by atoms with Crippen LogP contribution in [0.15, 0.2) is 83.3 Å². The van der Waals surface area contributed by atoms with Gasteiger partial charge in [-0.3, -0.25) is 0 Å². The van der Waals surface area contributed by atoms with E-state index in [0.29, 0.717) is 11.6 Å². The van der Waals surface area contributed by atoms with Crippen molar-refractivity contribution in [3.8, 4) is 16.9 Å². The molecule has 5 aromatic rings. The van der Waals surface area contributed by atoms with E-state index in [-0.39, 0.29) is 0 Å². The summed E-state index contributed by atoms with van der Waals surface area (Å²) < 4.78 is 11.5. The smallest absolute Gasteiger partial charge is 0.169 e. The topological polar surface area (TPSA) is 43.5 Å². The molecule has 1 aliphatic heterocycles. The molecule has 0 atom stereocenters. The lowest BCUT2D eigenvalue weighted by Crippen LogP contribution is -2.15. The Labute approximate surface area is 230 Å². The summed E-state index contributed by atoms with van der Waals surface area (Å²) in [6.07, 6.45) is 3.19. The molecule has 0 bridgehead atoms. The maximum Gasteiger partial charge on any atom is 0.169 e. The number of para-hydroxylation sites is 1. The fraction of sp³-hybridized carbons (Fsp3) is 0.200. The highest BCUT2D eigenvalue weighted by Crippen LogP contribution is 2.38. The third kappa shape index (κ3) is 4.69. The van der Waals surface area contributed by atoms with E-state index >= 15 is 0 Å². The summed E-state index contributed by atoms with van der Waals surface area (Å²) in [5.74, 6) is 1.74. The van der Waals surface area contributed by atoms with Crippen LogP contribution < -0.4 is 10.1 Å². The van der Waals surface area contributed by atoms with Gasteiger partial charge in [0.15, 0.2) is 5.82 Å². The quantitative estimate of drug-likeness (QED) is 0.214. The van der Waals surface area contributed by atoms with Crippen molar-refractivity contribution in [2.75, 3.05) is 5.32 Å². The van der Waals surface area contributed by atoms with Crippen LogP contribution in [0.5, 0.6) is 5.75 Å². The highest BCUT2D eigenvalue weighted by atomic mass is 79.9. The molecule has 0 fully saturated rings. The zero-order valence-electron chi connectivity index (χ0n) is 20.6.